The minimum absolute atomic E-state index is 0.0137. The Balaban J connectivity index is 1.39. The van der Waals surface area contributed by atoms with E-state index in [1.54, 1.807) is 18.2 Å². The van der Waals surface area contributed by atoms with Gasteiger partial charge in [0.05, 0.1) is 7.11 Å². The van der Waals surface area contributed by atoms with Gasteiger partial charge >= 0.3 is 5.97 Å². The molecule has 0 bridgehead atoms. The number of esters is 1. The monoisotopic (exact) mass is 400 g/mol. The van der Waals surface area contributed by atoms with Gasteiger partial charge in [-0.3, -0.25) is 4.79 Å². The van der Waals surface area contributed by atoms with Gasteiger partial charge in [-0.2, -0.15) is 0 Å². The Kier molecular flexibility index (Phi) is 5.35. The van der Waals surface area contributed by atoms with Crippen molar-refractivity contribution >= 4 is 17.8 Å². The van der Waals surface area contributed by atoms with Gasteiger partial charge in [-0.05, 0) is 58.5 Å². The number of ketones is 1. The van der Waals surface area contributed by atoms with Crippen LogP contribution in [0.15, 0.2) is 66.7 Å². The molecule has 0 amide bonds. The van der Waals surface area contributed by atoms with E-state index in [-0.39, 0.29) is 18.1 Å². The number of aromatic hydroxyl groups is 1. The number of phenolic OH excluding ortho intramolecular Hbond substituents is 1. The van der Waals surface area contributed by atoms with E-state index < -0.39 is 5.97 Å². The summed E-state index contributed by atoms with van der Waals surface area (Å²) in [4.78, 5) is 24.5. The largest absolute Gasteiger partial charge is 0.504 e. The third-order valence-corrected chi connectivity index (χ3v) is 5.08. The van der Waals surface area contributed by atoms with Gasteiger partial charge in [0.25, 0.3) is 0 Å². The summed E-state index contributed by atoms with van der Waals surface area (Å²) < 4.78 is 10.1. The number of Topliss-reactive ketones (excluding diaryl/α,β-unsaturated/α-hetero) is 1. The molecule has 4 rings (SSSR count). The van der Waals surface area contributed by atoms with Crippen LogP contribution < -0.4 is 4.74 Å². The smallest absolute Gasteiger partial charge is 0.331 e. The molecule has 0 fully saturated rings. The standard InChI is InChI=1S/C25H20O5/c1-29-24-12-16(6-10-22(24)26)7-11-25(28)30-15-23(27)19-9-8-18-13-17-4-2-3-5-20(17)21(18)14-19/h2-12,14,26H,13,15H2,1H3/b11-7+. The fourth-order valence-corrected chi connectivity index (χ4v) is 3.53. The molecule has 1 aliphatic carbocycles. The predicted octanol–water partition coefficient (Wildman–Crippen LogP) is 4.41. The summed E-state index contributed by atoms with van der Waals surface area (Å²) in [5, 5.41) is 9.60. The van der Waals surface area contributed by atoms with Crippen LogP contribution in [-0.4, -0.2) is 30.6 Å². The molecular formula is C25H20O5. The van der Waals surface area contributed by atoms with E-state index in [0.717, 1.165) is 17.5 Å². The fourth-order valence-electron chi connectivity index (χ4n) is 3.53. The fraction of sp³-hybridized carbons (Fsp3) is 0.120. The third kappa shape index (κ3) is 3.96. The highest BCUT2D eigenvalue weighted by Crippen LogP contribution is 2.36. The zero-order valence-electron chi connectivity index (χ0n) is 16.4. The van der Waals surface area contributed by atoms with Crippen LogP contribution in [0.1, 0.15) is 27.0 Å². The van der Waals surface area contributed by atoms with Gasteiger partial charge in [0.15, 0.2) is 23.9 Å². The molecule has 0 unspecified atom stereocenters. The van der Waals surface area contributed by atoms with Crippen molar-refractivity contribution in [2.24, 2.45) is 0 Å². The number of phenols is 1. The second-order valence-electron chi connectivity index (χ2n) is 7.00. The van der Waals surface area contributed by atoms with Gasteiger partial charge in [-0.1, -0.05) is 42.5 Å². The van der Waals surface area contributed by atoms with Gasteiger partial charge in [0, 0.05) is 11.6 Å². The molecule has 30 heavy (non-hydrogen) atoms. The first-order valence-electron chi connectivity index (χ1n) is 9.51. The van der Waals surface area contributed by atoms with E-state index in [4.69, 9.17) is 9.47 Å². The Morgan fingerprint density at radius 1 is 1.00 bits per heavy atom. The normalized spacial score (nSPS) is 11.8. The van der Waals surface area contributed by atoms with Crippen LogP contribution in [0.2, 0.25) is 0 Å². The summed E-state index contributed by atoms with van der Waals surface area (Å²) >= 11 is 0. The van der Waals surface area contributed by atoms with E-state index >= 15 is 0 Å². The van der Waals surface area contributed by atoms with Crippen molar-refractivity contribution in [3.63, 3.8) is 0 Å². The number of rotatable bonds is 6. The lowest BCUT2D eigenvalue weighted by Crippen LogP contribution is -2.12. The molecule has 0 aromatic heterocycles. The summed E-state index contributed by atoms with van der Waals surface area (Å²) in [6.45, 7) is -0.331. The molecule has 5 heteroatoms. The predicted molar refractivity (Wildman–Crippen MR) is 114 cm³/mol. The van der Waals surface area contributed by atoms with Crippen molar-refractivity contribution in [2.45, 2.75) is 6.42 Å². The molecule has 150 valence electrons. The Labute approximate surface area is 174 Å². The van der Waals surface area contributed by atoms with Crippen LogP contribution in [-0.2, 0) is 16.0 Å². The molecule has 0 radical (unpaired) electrons. The molecule has 5 nitrogen and oxygen atoms in total. The summed E-state index contributed by atoms with van der Waals surface area (Å²) in [5.41, 5.74) is 5.82. The lowest BCUT2D eigenvalue weighted by atomic mass is 10.0. The van der Waals surface area contributed by atoms with Gasteiger partial charge in [0.2, 0.25) is 0 Å². The summed E-state index contributed by atoms with van der Waals surface area (Å²) in [6.07, 6.45) is 3.63. The highest BCUT2D eigenvalue weighted by atomic mass is 16.5. The lowest BCUT2D eigenvalue weighted by Gasteiger charge is -2.06. The molecule has 1 N–H and O–H groups in total. The topological polar surface area (TPSA) is 72.8 Å². The van der Waals surface area contributed by atoms with Crippen molar-refractivity contribution in [1.29, 1.82) is 0 Å². The van der Waals surface area contributed by atoms with Crippen LogP contribution in [0.25, 0.3) is 17.2 Å². The van der Waals surface area contributed by atoms with Gasteiger partial charge in [0.1, 0.15) is 0 Å². The number of methoxy groups -OCH3 is 1. The number of carbonyl (C=O) groups excluding carboxylic acids is 2. The SMILES string of the molecule is COc1cc(/C=C/C(=O)OCC(=O)c2ccc3c(c2)-c2ccccc2C3)ccc1O. The molecule has 3 aromatic rings. The van der Waals surface area contributed by atoms with Gasteiger partial charge in [-0.25, -0.2) is 4.79 Å². The van der Waals surface area contributed by atoms with Crippen molar-refractivity contribution < 1.29 is 24.2 Å². The molecule has 0 saturated heterocycles. The molecule has 3 aromatic carbocycles. The lowest BCUT2D eigenvalue weighted by molar-refractivity contribution is -0.136. The summed E-state index contributed by atoms with van der Waals surface area (Å²) in [7, 11) is 1.44. The van der Waals surface area contributed by atoms with Crippen molar-refractivity contribution in [2.75, 3.05) is 13.7 Å². The molecular weight excluding hydrogens is 380 g/mol. The maximum absolute atomic E-state index is 12.5. The first-order valence-corrected chi connectivity index (χ1v) is 9.51. The third-order valence-electron chi connectivity index (χ3n) is 5.08. The summed E-state index contributed by atoms with van der Waals surface area (Å²) in [5.74, 6) is -0.559. The second kappa shape index (κ2) is 8.25. The maximum atomic E-state index is 12.5. The number of hydrogen-bond donors (Lipinski definition) is 1. The summed E-state index contributed by atoms with van der Waals surface area (Å²) in [6, 6.07) is 18.4. The quantitative estimate of drug-likeness (QED) is 0.295. The number of benzene rings is 3. The Morgan fingerprint density at radius 2 is 1.80 bits per heavy atom. The maximum Gasteiger partial charge on any atom is 0.331 e. The zero-order valence-corrected chi connectivity index (χ0v) is 16.4. The molecule has 0 spiro atoms. The van der Waals surface area contributed by atoms with Crippen LogP contribution in [0.5, 0.6) is 11.5 Å². The molecule has 0 atom stereocenters. The average Bonchev–Trinajstić information content (AvgIpc) is 3.14. The molecule has 0 aliphatic heterocycles. The Hall–Kier alpha value is -3.86. The van der Waals surface area contributed by atoms with Crippen molar-refractivity contribution in [3.05, 3.63) is 89.0 Å². The number of carbonyl (C=O) groups is 2. The number of ether oxygens (including phenoxy) is 2. The number of fused-ring (bicyclic) bond motifs is 3. The van der Waals surface area contributed by atoms with Gasteiger partial charge in [-0.15, -0.1) is 0 Å². The van der Waals surface area contributed by atoms with Crippen molar-refractivity contribution in [1.82, 2.24) is 0 Å². The number of hydrogen-bond acceptors (Lipinski definition) is 5. The van der Waals surface area contributed by atoms with Crippen LogP contribution in [0, 0.1) is 0 Å². The van der Waals surface area contributed by atoms with Crippen molar-refractivity contribution in [3.8, 4) is 22.6 Å². The second-order valence-corrected chi connectivity index (χ2v) is 7.00. The highest BCUT2D eigenvalue weighted by Gasteiger charge is 2.19. The zero-order chi connectivity index (χ0) is 21.1. The van der Waals surface area contributed by atoms with E-state index in [1.165, 1.54) is 36.5 Å². The molecule has 0 saturated carbocycles. The minimum atomic E-state index is -0.623. The van der Waals surface area contributed by atoms with E-state index in [1.807, 2.05) is 24.3 Å². The average molecular weight is 400 g/mol. The van der Waals surface area contributed by atoms with Crippen LogP contribution in [0.3, 0.4) is 0 Å². The van der Waals surface area contributed by atoms with Gasteiger partial charge < -0.3 is 14.6 Å². The van der Waals surface area contributed by atoms with Crippen LogP contribution in [0.4, 0.5) is 0 Å². The Bertz CT molecular complexity index is 1160. The minimum Gasteiger partial charge on any atom is -0.504 e. The van der Waals surface area contributed by atoms with E-state index in [0.29, 0.717) is 16.9 Å². The molecule has 0 heterocycles. The Morgan fingerprint density at radius 3 is 2.63 bits per heavy atom. The first kappa shape index (κ1) is 19.5. The van der Waals surface area contributed by atoms with Crippen LogP contribution >= 0.6 is 0 Å². The highest BCUT2D eigenvalue weighted by molar-refractivity contribution is 6.00. The molecule has 1 aliphatic rings. The van der Waals surface area contributed by atoms with E-state index in [2.05, 4.69) is 12.1 Å². The van der Waals surface area contributed by atoms with E-state index in [9.17, 15) is 14.7 Å². The first-order chi connectivity index (χ1) is 14.5.